The highest BCUT2D eigenvalue weighted by atomic mass is 16.3. The average molecular weight is 217 g/mol. The zero-order valence-corrected chi connectivity index (χ0v) is 10.6. The molecule has 0 aromatic heterocycles. The quantitative estimate of drug-likeness (QED) is 0.578. The molecular weight excluding hydrogens is 190 g/mol. The molecule has 0 fully saturated rings. The van der Waals surface area contributed by atoms with Gasteiger partial charge in [0.05, 0.1) is 13.2 Å². The molecule has 0 radical (unpaired) electrons. The summed E-state index contributed by atoms with van der Waals surface area (Å²) in [5, 5.41) is 21.9. The molecule has 0 aliphatic heterocycles. The fourth-order valence-electron chi connectivity index (χ4n) is 1.69. The summed E-state index contributed by atoms with van der Waals surface area (Å²) < 4.78 is 0. The van der Waals surface area contributed by atoms with E-state index in [1.54, 1.807) is 0 Å². The van der Waals surface area contributed by atoms with Crippen LogP contribution in [0.1, 0.15) is 47.0 Å². The van der Waals surface area contributed by atoms with E-state index in [-0.39, 0.29) is 18.8 Å². The van der Waals surface area contributed by atoms with Crippen LogP contribution in [0.2, 0.25) is 0 Å². The Kier molecular flexibility index (Phi) is 6.41. The Morgan fingerprint density at radius 2 is 1.33 bits per heavy atom. The molecular formula is C12H27NO2. The van der Waals surface area contributed by atoms with Crippen LogP contribution in [0, 0.1) is 5.41 Å². The van der Waals surface area contributed by atoms with Crippen LogP contribution in [-0.4, -0.2) is 35.5 Å². The molecule has 0 aliphatic rings. The second-order valence-electron chi connectivity index (χ2n) is 4.82. The highest BCUT2D eigenvalue weighted by Crippen LogP contribution is 2.22. The first-order valence-corrected chi connectivity index (χ1v) is 5.98. The molecule has 0 saturated carbocycles. The average Bonchev–Trinajstić information content (AvgIpc) is 2.31. The van der Waals surface area contributed by atoms with Gasteiger partial charge in [0.15, 0.2) is 0 Å². The van der Waals surface area contributed by atoms with Crippen molar-refractivity contribution in [3.05, 3.63) is 0 Å². The SMILES string of the molecule is CCC(CC)(CC)NCC(C)(CO)CO. The minimum Gasteiger partial charge on any atom is -0.396 e. The first kappa shape index (κ1) is 14.9. The van der Waals surface area contributed by atoms with Gasteiger partial charge in [0.25, 0.3) is 0 Å². The van der Waals surface area contributed by atoms with Crippen molar-refractivity contribution in [1.82, 2.24) is 5.32 Å². The minimum atomic E-state index is -0.412. The van der Waals surface area contributed by atoms with Crippen LogP contribution in [0.4, 0.5) is 0 Å². The lowest BCUT2D eigenvalue weighted by molar-refractivity contribution is 0.0599. The van der Waals surface area contributed by atoms with Gasteiger partial charge in [-0.25, -0.2) is 0 Å². The molecule has 0 aliphatic carbocycles. The summed E-state index contributed by atoms with van der Waals surface area (Å²) in [4.78, 5) is 0. The van der Waals surface area contributed by atoms with Crippen molar-refractivity contribution < 1.29 is 10.2 Å². The molecule has 0 atom stereocenters. The van der Waals surface area contributed by atoms with Crippen molar-refractivity contribution in [3.8, 4) is 0 Å². The molecule has 0 saturated heterocycles. The van der Waals surface area contributed by atoms with Gasteiger partial charge in [0.1, 0.15) is 0 Å². The summed E-state index contributed by atoms with van der Waals surface area (Å²) in [6.45, 7) is 9.12. The van der Waals surface area contributed by atoms with Gasteiger partial charge in [-0.1, -0.05) is 27.7 Å². The molecule has 0 aromatic rings. The van der Waals surface area contributed by atoms with Gasteiger partial charge in [-0.15, -0.1) is 0 Å². The van der Waals surface area contributed by atoms with Crippen LogP contribution in [-0.2, 0) is 0 Å². The van der Waals surface area contributed by atoms with E-state index in [4.69, 9.17) is 0 Å². The third-order valence-electron chi connectivity index (χ3n) is 3.68. The molecule has 92 valence electrons. The number of rotatable bonds is 8. The second-order valence-corrected chi connectivity index (χ2v) is 4.82. The van der Waals surface area contributed by atoms with Crippen LogP contribution < -0.4 is 5.32 Å². The van der Waals surface area contributed by atoms with E-state index in [0.717, 1.165) is 19.3 Å². The zero-order chi connectivity index (χ0) is 11.9. The molecule has 0 unspecified atom stereocenters. The minimum absolute atomic E-state index is 0.0176. The van der Waals surface area contributed by atoms with Gasteiger partial charge in [-0.05, 0) is 19.3 Å². The topological polar surface area (TPSA) is 52.5 Å². The highest BCUT2D eigenvalue weighted by molar-refractivity contribution is 4.87. The van der Waals surface area contributed by atoms with Crippen LogP contribution in [0.15, 0.2) is 0 Å². The van der Waals surface area contributed by atoms with Gasteiger partial charge in [-0.3, -0.25) is 0 Å². The molecule has 0 aromatic carbocycles. The number of aliphatic hydroxyl groups excluding tert-OH is 2. The van der Waals surface area contributed by atoms with E-state index in [2.05, 4.69) is 26.1 Å². The summed E-state index contributed by atoms with van der Waals surface area (Å²) in [5.74, 6) is 0. The van der Waals surface area contributed by atoms with E-state index in [0.29, 0.717) is 6.54 Å². The Morgan fingerprint density at radius 3 is 1.60 bits per heavy atom. The summed E-state index contributed by atoms with van der Waals surface area (Å²) >= 11 is 0. The zero-order valence-electron chi connectivity index (χ0n) is 10.6. The second kappa shape index (κ2) is 6.46. The Hall–Kier alpha value is -0.120. The Labute approximate surface area is 93.9 Å². The molecule has 0 amide bonds. The van der Waals surface area contributed by atoms with Crippen LogP contribution >= 0.6 is 0 Å². The predicted molar refractivity (Wildman–Crippen MR) is 63.9 cm³/mol. The number of aliphatic hydroxyl groups is 2. The third kappa shape index (κ3) is 4.09. The fourth-order valence-corrected chi connectivity index (χ4v) is 1.69. The number of hydrogen-bond acceptors (Lipinski definition) is 3. The summed E-state index contributed by atoms with van der Waals surface area (Å²) in [5.41, 5.74) is -0.254. The standard InChI is InChI=1S/C12H27NO2/c1-5-12(6-2,7-3)13-8-11(4,9-14)10-15/h13-15H,5-10H2,1-4H3. The van der Waals surface area contributed by atoms with E-state index >= 15 is 0 Å². The first-order valence-electron chi connectivity index (χ1n) is 5.98. The van der Waals surface area contributed by atoms with Gasteiger partial charge in [0.2, 0.25) is 0 Å². The lowest BCUT2D eigenvalue weighted by atomic mass is 9.86. The van der Waals surface area contributed by atoms with Crippen molar-refractivity contribution in [2.75, 3.05) is 19.8 Å². The molecule has 0 rings (SSSR count). The molecule has 3 heteroatoms. The van der Waals surface area contributed by atoms with Gasteiger partial charge >= 0.3 is 0 Å². The van der Waals surface area contributed by atoms with Crippen molar-refractivity contribution in [1.29, 1.82) is 0 Å². The predicted octanol–water partition coefficient (Wildman–Crippen LogP) is 1.54. The Morgan fingerprint density at radius 1 is 0.933 bits per heavy atom. The smallest absolute Gasteiger partial charge is 0.0519 e. The molecule has 3 nitrogen and oxygen atoms in total. The van der Waals surface area contributed by atoms with Crippen molar-refractivity contribution >= 4 is 0 Å². The van der Waals surface area contributed by atoms with Crippen LogP contribution in [0.3, 0.4) is 0 Å². The highest BCUT2D eigenvalue weighted by Gasteiger charge is 2.28. The van der Waals surface area contributed by atoms with E-state index < -0.39 is 5.41 Å². The normalized spacial score (nSPS) is 13.2. The van der Waals surface area contributed by atoms with E-state index in [1.165, 1.54) is 0 Å². The van der Waals surface area contributed by atoms with Crippen molar-refractivity contribution in [2.24, 2.45) is 5.41 Å². The number of nitrogens with one attached hydrogen (secondary N) is 1. The van der Waals surface area contributed by atoms with Crippen molar-refractivity contribution in [3.63, 3.8) is 0 Å². The molecule has 3 N–H and O–H groups in total. The monoisotopic (exact) mass is 217 g/mol. The van der Waals surface area contributed by atoms with Crippen LogP contribution in [0.25, 0.3) is 0 Å². The van der Waals surface area contributed by atoms with Gasteiger partial charge < -0.3 is 15.5 Å². The Balaban J connectivity index is 4.32. The maximum Gasteiger partial charge on any atom is 0.0519 e. The van der Waals surface area contributed by atoms with Gasteiger partial charge in [0, 0.05) is 17.5 Å². The summed E-state index contributed by atoms with van der Waals surface area (Å²) in [6.07, 6.45) is 3.23. The maximum absolute atomic E-state index is 9.20. The number of hydrogen-bond donors (Lipinski definition) is 3. The molecule has 15 heavy (non-hydrogen) atoms. The lowest BCUT2D eigenvalue weighted by Gasteiger charge is -2.36. The molecule has 0 spiro atoms. The molecule has 0 heterocycles. The fraction of sp³-hybridized carbons (Fsp3) is 1.00. The lowest BCUT2D eigenvalue weighted by Crippen LogP contribution is -2.50. The maximum atomic E-state index is 9.20. The summed E-state index contributed by atoms with van der Waals surface area (Å²) in [6, 6.07) is 0. The first-order chi connectivity index (χ1) is 7.01. The third-order valence-corrected chi connectivity index (χ3v) is 3.68. The van der Waals surface area contributed by atoms with Crippen molar-refractivity contribution in [2.45, 2.75) is 52.5 Å². The van der Waals surface area contributed by atoms with E-state index in [9.17, 15) is 10.2 Å². The van der Waals surface area contributed by atoms with E-state index in [1.807, 2.05) is 6.92 Å². The Bertz CT molecular complexity index is 155. The largest absolute Gasteiger partial charge is 0.396 e. The van der Waals surface area contributed by atoms with Gasteiger partial charge in [-0.2, -0.15) is 0 Å². The summed E-state index contributed by atoms with van der Waals surface area (Å²) in [7, 11) is 0. The van der Waals surface area contributed by atoms with Crippen LogP contribution in [0.5, 0.6) is 0 Å². The molecule has 0 bridgehead atoms.